The molecule has 0 spiro atoms. The Kier molecular flexibility index (Phi) is 4.35. The zero-order chi connectivity index (χ0) is 18.8. The molecule has 1 unspecified atom stereocenters. The normalized spacial score (nSPS) is 12.0. The molecule has 2 aromatic heterocycles. The maximum absolute atomic E-state index is 12.9. The Morgan fingerprint density at radius 1 is 1.22 bits per heavy atom. The number of anilines is 1. The van der Waals surface area contributed by atoms with Crippen molar-refractivity contribution >= 4 is 39.0 Å². The average Bonchev–Trinajstić information content (AvgIpc) is 3.31. The zero-order valence-corrected chi connectivity index (χ0v) is 14.7. The Labute approximate surface area is 157 Å². The maximum Gasteiger partial charge on any atom is 0.271 e. The first kappa shape index (κ1) is 16.9. The molecule has 27 heavy (non-hydrogen) atoms. The molecule has 2 aromatic carbocycles. The summed E-state index contributed by atoms with van der Waals surface area (Å²) in [5.41, 5.74) is 1.15. The van der Waals surface area contributed by atoms with Crippen LogP contribution in [-0.2, 0) is 4.79 Å². The van der Waals surface area contributed by atoms with Gasteiger partial charge in [0.2, 0.25) is 0 Å². The number of aromatic nitrogens is 3. The van der Waals surface area contributed by atoms with Crippen molar-refractivity contribution in [2.24, 2.45) is 0 Å². The van der Waals surface area contributed by atoms with Crippen molar-refractivity contribution in [3.8, 4) is 0 Å². The molecule has 0 radical (unpaired) electrons. The number of hydrogen-bond acceptors (Lipinski definition) is 6. The summed E-state index contributed by atoms with van der Waals surface area (Å²) in [4.78, 5) is 27.6. The second-order valence-electron chi connectivity index (χ2n) is 5.75. The van der Waals surface area contributed by atoms with Gasteiger partial charge in [0.25, 0.3) is 11.6 Å². The van der Waals surface area contributed by atoms with Gasteiger partial charge in [-0.1, -0.05) is 30.3 Å². The van der Waals surface area contributed by atoms with E-state index >= 15 is 0 Å². The van der Waals surface area contributed by atoms with Crippen LogP contribution < -0.4 is 5.32 Å². The van der Waals surface area contributed by atoms with Gasteiger partial charge >= 0.3 is 0 Å². The van der Waals surface area contributed by atoms with Crippen LogP contribution in [0.5, 0.6) is 0 Å². The van der Waals surface area contributed by atoms with E-state index in [1.807, 2.05) is 30.3 Å². The number of rotatable bonds is 5. The highest BCUT2D eigenvalue weighted by Crippen LogP contribution is 2.25. The second kappa shape index (κ2) is 6.96. The fraction of sp³-hybridized carbons (Fsp3) is 0.0556. The van der Waals surface area contributed by atoms with Gasteiger partial charge in [-0.2, -0.15) is 5.10 Å². The third-order valence-electron chi connectivity index (χ3n) is 4.01. The molecule has 0 fully saturated rings. The van der Waals surface area contributed by atoms with E-state index in [0.717, 1.165) is 5.56 Å². The quantitative estimate of drug-likeness (QED) is 0.421. The molecule has 9 heteroatoms. The van der Waals surface area contributed by atoms with Gasteiger partial charge in [0.15, 0.2) is 11.2 Å². The van der Waals surface area contributed by atoms with Gasteiger partial charge in [0, 0.05) is 35.3 Å². The standard InChI is InChI=1S/C18H13N5O3S/c24-17(20-18-19-8-9-27-18)16(12-4-2-1-3-5-12)22-11-13-6-7-14(23(25)26)10-15(13)21-22/h1-11,16H,(H,19,20,24). The van der Waals surface area contributed by atoms with Crippen LogP contribution in [0.15, 0.2) is 66.3 Å². The largest absolute Gasteiger partial charge is 0.300 e. The van der Waals surface area contributed by atoms with Crippen LogP contribution in [0.3, 0.4) is 0 Å². The Morgan fingerprint density at radius 2 is 2.04 bits per heavy atom. The predicted octanol–water partition coefficient (Wildman–Crippen LogP) is 3.63. The van der Waals surface area contributed by atoms with Crippen molar-refractivity contribution in [1.29, 1.82) is 0 Å². The molecule has 0 aliphatic rings. The van der Waals surface area contributed by atoms with Gasteiger partial charge in [-0.05, 0) is 11.6 Å². The number of nitro benzene ring substituents is 1. The third kappa shape index (κ3) is 3.40. The molecule has 1 amide bonds. The third-order valence-corrected chi connectivity index (χ3v) is 4.70. The van der Waals surface area contributed by atoms with Gasteiger partial charge in [0.05, 0.1) is 10.4 Å². The van der Waals surface area contributed by atoms with Gasteiger partial charge in [0.1, 0.15) is 0 Å². The highest BCUT2D eigenvalue weighted by molar-refractivity contribution is 7.13. The van der Waals surface area contributed by atoms with Crippen molar-refractivity contribution in [2.75, 3.05) is 5.32 Å². The summed E-state index contributed by atoms with van der Waals surface area (Å²) in [5.74, 6) is -0.293. The van der Waals surface area contributed by atoms with Crippen LogP contribution in [0.4, 0.5) is 10.8 Å². The van der Waals surface area contributed by atoms with Gasteiger partial charge in [-0.25, -0.2) is 4.98 Å². The van der Waals surface area contributed by atoms with Gasteiger partial charge in [-0.3, -0.25) is 24.9 Å². The zero-order valence-electron chi connectivity index (χ0n) is 13.9. The predicted molar refractivity (Wildman–Crippen MR) is 102 cm³/mol. The first-order valence-electron chi connectivity index (χ1n) is 8.00. The number of nitro groups is 1. The Morgan fingerprint density at radius 3 is 2.74 bits per heavy atom. The van der Waals surface area contributed by atoms with Crippen molar-refractivity contribution in [2.45, 2.75) is 6.04 Å². The van der Waals surface area contributed by atoms with Gasteiger partial charge < -0.3 is 0 Å². The minimum absolute atomic E-state index is 0.0451. The highest BCUT2D eigenvalue weighted by Gasteiger charge is 2.25. The van der Waals surface area contributed by atoms with E-state index in [1.165, 1.54) is 28.2 Å². The highest BCUT2D eigenvalue weighted by atomic mass is 32.1. The Balaban J connectivity index is 1.77. The summed E-state index contributed by atoms with van der Waals surface area (Å²) in [5, 5.41) is 21.2. The van der Waals surface area contributed by atoms with Crippen molar-refractivity contribution in [1.82, 2.24) is 14.8 Å². The van der Waals surface area contributed by atoms with Crippen LogP contribution in [0.25, 0.3) is 10.9 Å². The molecule has 0 aliphatic carbocycles. The smallest absolute Gasteiger partial charge is 0.271 e. The van der Waals surface area contributed by atoms with E-state index in [9.17, 15) is 14.9 Å². The number of benzene rings is 2. The monoisotopic (exact) mass is 379 g/mol. The maximum atomic E-state index is 12.9. The molecule has 1 N–H and O–H groups in total. The first-order chi connectivity index (χ1) is 13.1. The van der Waals surface area contributed by atoms with E-state index in [4.69, 9.17) is 0 Å². The van der Waals surface area contributed by atoms with Crippen LogP contribution >= 0.6 is 11.3 Å². The lowest BCUT2D eigenvalue weighted by Crippen LogP contribution is -2.27. The lowest BCUT2D eigenvalue weighted by atomic mass is 10.1. The molecule has 0 aliphatic heterocycles. The molecule has 1 atom stereocenters. The molecule has 8 nitrogen and oxygen atoms in total. The second-order valence-corrected chi connectivity index (χ2v) is 6.64. The molecular formula is C18H13N5O3S. The SMILES string of the molecule is O=C(Nc1nccs1)C(c1ccccc1)n1cc2ccc([N+](=O)[O-])cc2n1. The summed E-state index contributed by atoms with van der Waals surface area (Å²) >= 11 is 1.32. The topological polar surface area (TPSA) is 103 Å². The summed E-state index contributed by atoms with van der Waals surface area (Å²) in [7, 11) is 0. The molecule has 134 valence electrons. The minimum atomic E-state index is -0.735. The number of non-ortho nitro benzene ring substituents is 1. The number of fused-ring (bicyclic) bond motifs is 1. The summed E-state index contributed by atoms with van der Waals surface area (Å²) in [6.45, 7) is 0. The Bertz CT molecular complexity index is 1110. The van der Waals surface area contributed by atoms with E-state index in [2.05, 4.69) is 15.4 Å². The summed E-state index contributed by atoms with van der Waals surface area (Å²) < 4.78 is 1.52. The Hall–Kier alpha value is -3.59. The fourth-order valence-electron chi connectivity index (χ4n) is 2.79. The molecule has 2 heterocycles. The van der Waals surface area contributed by atoms with E-state index < -0.39 is 11.0 Å². The summed E-state index contributed by atoms with van der Waals surface area (Å²) in [6.07, 6.45) is 3.32. The number of amides is 1. The van der Waals surface area contributed by atoms with Crippen molar-refractivity contribution < 1.29 is 9.72 Å². The number of nitrogens with zero attached hydrogens (tertiary/aromatic N) is 4. The number of carbonyl (C=O) groups is 1. The van der Waals surface area contributed by atoms with Crippen molar-refractivity contribution in [3.05, 3.63) is 82.0 Å². The van der Waals surface area contributed by atoms with Crippen LogP contribution in [-0.4, -0.2) is 25.6 Å². The lowest BCUT2D eigenvalue weighted by Gasteiger charge is -2.17. The number of hydrogen-bond donors (Lipinski definition) is 1. The van der Waals surface area contributed by atoms with Crippen LogP contribution in [0.2, 0.25) is 0 Å². The molecule has 4 aromatic rings. The summed E-state index contributed by atoms with van der Waals surface area (Å²) in [6, 6.07) is 12.9. The lowest BCUT2D eigenvalue weighted by molar-refractivity contribution is -0.384. The number of nitrogens with one attached hydrogen (secondary N) is 1. The van der Waals surface area contributed by atoms with E-state index in [-0.39, 0.29) is 11.6 Å². The molecule has 0 saturated heterocycles. The number of thiazole rings is 1. The van der Waals surface area contributed by atoms with Crippen molar-refractivity contribution in [3.63, 3.8) is 0 Å². The molecule has 0 bridgehead atoms. The van der Waals surface area contributed by atoms with E-state index in [0.29, 0.717) is 16.0 Å². The molecule has 0 saturated carbocycles. The first-order valence-corrected chi connectivity index (χ1v) is 8.88. The minimum Gasteiger partial charge on any atom is -0.300 e. The average molecular weight is 379 g/mol. The van der Waals surface area contributed by atoms with Crippen LogP contribution in [0.1, 0.15) is 11.6 Å². The number of carbonyl (C=O) groups excluding carboxylic acids is 1. The van der Waals surface area contributed by atoms with Crippen LogP contribution in [0, 0.1) is 10.1 Å². The molecule has 4 rings (SSSR count). The fourth-order valence-corrected chi connectivity index (χ4v) is 3.32. The van der Waals surface area contributed by atoms with E-state index in [1.54, 1.807) is 23.8 Å². The van der Waals surface area contributed by atoms with Gasteiger partial charge in [-0.15, -0.1) is 11.3 Å². The molecular weight excluding hydrogens is 366 g/mol.